The minimum Gasteiger partial charge on any atom is -0.477 e. The van der Waals surface area contributed by atoms with E-state index in [1.807, 2.05) is 0 Å². The molecule has 0 spiro atoms. The molecule has 1 unspecified atom stereocenters. The van der Waals surface area contributed by atoms with Crippen molar-refractivity contribution in [3.63, 3.8) is 0 Å². The Hall–Kier alpha value is -1.19. The van der Waals surface area contributed by atoms with Crippen LogP contribution in [0.1, 0.15) is 0 Å². The lowest BCUT2D eigenvalue weighted by atomic mass is 10.3. The average molecular weight is 252 g/mol. The van der Waals surface area contributed by atoms with Crippen LogP contribution in [0.2, 0.25) is 0 Å². The summed E-state index contributed by atoms with van der Waals surface area (Å²) in [6.45, 7) is -0.0405. The van der Waals surface area contributed by atoms with E-state index < -0.39 is 33.9 Å². The van der Waals surface area contributed by atoms with Crippen LogP contribution in [0.15, 0.2) is 4.99 Å². The van der Waals surface area contributed by atoms with Gasteiger partial charge in [0.1, 0.15) is 6.61 Å². The molecule has 1 aliphatic rings. The smallest absolute Gasteiger partial charge is 0.334 e. The third-order valence-corrected chi connectivity index (χ3v) is 2.63. The molecule has 0 radical (unpaired) electrons. The zero-order valence-corrected chi connectivity index (χ0v) is 9.31. The standard InChI is InChI=1S/C7H12N2O6S/c1-14-7(10)5-2-15-6(9-5)4(8)3-16(11,12)13/h4-5H,2-3,8H2,1H3,(H,11,12,13)/t4?,5-/m0/s1. The number of hydrogen-bond donors (Lipinski definition) is 2. The van der Waals surface area contributed by atoms with E-state index in [1.54, 1.807) is 0 Å². The van der Waals surface area contributed by atoms with Crippen molar-refractivity contribution in [1.82, 2.24) is 0 Å². The number of rotatable bonds is 4. The van der Waals surface area contributed by atoms with Gasteiger partial charge in [-0.25, -0.2) is 9.79 Å². The van der Waals surface area contributed by atoms with Crippen molar-refractivity contribution >= 4 is 22.0 Å². The average Bonchev–Trinajstić information content (AvgIpc) is 2.62. The molecule has 0 aromatic carbocycles. The van der Waals surface area contributed by atoms with Crippen LogP contribution in [0, 0.1) is 0 Å². The summed E-state index contributed by atoms with van der Waals surface area (Å²) in [7, 11) is -3.00. The Morgan fingerprint density at radius 2 is 2.44 bits per heavy atom. The molecular weight excluding hydrogens is 240 g/mol. The zero-order valence-electron chi connectivity index (χ0n) is 8.49. The van der Waals surface area contributed by atoms with E-state index in [-0.39, 0.29) is 12.5 Å². The molecule has 2 atom stereocenters. The summed E-state index contributed by atoms with van der Waals surface area (Å²) in [6, 6.07) is -1.92. The lowest BCUT2D eigenvalue weighted by molar-refractivity contribution is -0.142. The van der Waals surface area contributed by atoms with Crippen LogP contribution in [0.5, 0.6) is 0 Å². The van der Waals surface area contributed by atoms with Gasteiger partial charge in [-0.05, 0) is 0 Å². The summed E-state index contributed by atoms with van der Waals surface area (Å²) < 4.78 is 39.0. The first-order valence-electron chi connectivity index (χ1n) is 4.32. The Bertz CT molecular complexity index is 403. The molecule has 0 saturated heterocycles. The van der Waals surface area contributed by atoms with E-state index in [0.29, 0.717) is 0 Å². The molecule has 0 aromatic heterocycles. The number of aliphatic imine (C=N–C) groups is 1. The Kier molecular flexibility index (Phi) is 3.83. The van der Waals surface area contributed by atoms with E-state index >= 15 is 0 Å². The number of nitrogens with two attached hydrogens (primary N) is 1. The predicted molar refractivity (Wildman–Crippen MR) is 53.6 cm³/mol. The molecule has 0 fully saturated rings. The Labute approximate surface area is 92.2 Å². The Morgan fingerprint density at radius 1 is 1.81 bits per heavy atom. The van der Waals surface area contributed by atoms with Gasteiger partial charge >= 0.3 is 5.97 Å². The molecular formula is C7H12N2O6S. The summed E-state index contributed by atoms with van der Waals surface area (Å²) in [6.07, 6.45) is 0. The zero-order chi connectivity index (χ0) is 12.3. The number of hydrogen-bond acceptors (Lipinski definition) is 7. The second kappa shape index (κ2) is 4.76. The number of ether oxygens (including phenoxy) is 2. The third kappa shape index (κ3) is 3.43. The van der Waals surface area contributed by atoms with Crippen molar-refractivity contribution in [2.75, 3.05) is 19.5 Å². The molecule has 0 amide bonds. The molecule has 0 aliphatic carbocycles. The second-order valence-corrected chi connectivity index (χ2v) is 4.67. The molecule has 16 heavy (non-hydrogen) atoms. The topological polar surface area (TPSA) is 128 Å². The van der Waals surface area contributed by atoms with E-state index in [9.17, 15) is 13.2 Å². The van der Waals surface area contributed by atoms with Gasteiger partial charge in [0.15, 0.2) is 6.04 Å². The van der Waals surface area contributed by atoms with Crippen LogP contribution in [0.3, 0.4) is 0 Å². The summed E-state index contributed by atoms with van der Waals surface area (Å²) in [5, 5.41) is 0. The number of carbonyl (C=O) groups excluding carboxylic acids is 1. The molecule has 8 nitrogen and oxygen atoms in total. The molecule has 1 aliphatic heterocycles. The maximum atomic E-state index is 11.0. The van der Waals surface area contributed by atoms with Gasteiger partial charge in [0.05, 0.1) is 18.9 Å². The number of carbonyl (C=O) groups is 1. The Morgan fingerprint density at radius 3 is 2.94 bits per heavy atom. The molecule has 92 valence electrons. The number of nitrogens with zero attached hydrogens (tertiary/aromatic N) is 1. The minimum atomic E-state index is -4.21. The first-order chi connectivity index (χ1) is 7.33. The van der Waals surface area contributed by atoms with E-state index in [2.05, 4.69) is 9.73 Å². The van der Waals surface area contributed by atoms with Crippen LogP contribution in [-0.4, -0.2) is 56.4 Å². The molecule has 9 heteroatoms. The van der Waals surface area contributed by atoms with Gasteiger partial charge in [-0.2, -0.15) is 8.42 Å². The van der Waals surface area contributed by atoms with Gasteiger partial charge in [-0.15, -0.1) is 0 Å². The first kappa shape index (κ1) is 12.9. The molecule has 0 saturated carbocycles. The van der Waals surface area contributed by atoms with E-state index in [1.165, 1.54) is 7.11 Å². The summed E-state index contributed by atoms with van der Waals surface area (Å²) in [5.74, 6) is -1.37. The minimum absolute atomic E-state index is 0.0405. The summed E-state index contributed by atoms with van der Waals surface area (Å²) in [4.78, 5) is 14.8. The quantitative estimate of drug-likeness (QED) is 0.445. The molecule has 1 heterocycles. The summed E-state index contributed by atoms with van der Waals surface area (Å²) >= 11 is 0. The molecule has 0 bridgehead atoms. The fourth-order valence-corrected chi connectivity index (χ4v) is 1.75. The molecule has 1 rings (SSSR count). The maximum absolute atomic E-state index is 11.0. The summed E-state index contributed by atoms with van der Waals surface area (Å²) in [5.41, 5.74) is 5.42. The van der Waals surface area contributed by atoms with Crippen LogP contribution < -0.4 is 5.73 Å². The lowest BCUT2D eigenvalue weighted by Gasteiger charge is -2.08. The largest absolute Gasteiger partial charge is 0.477 e. The van der Waals surface area contributed by atoms with E-state index in [0.717, 1.165) is 0 Å². The highest BCUT2D eigenvalue weighted by molar-refractivity contribution is 7.85. The fourth-order valence-electron chi connectivity index (χ4n) is 1.15. The van der Waals surface area contributed by atoms with Gasteiger partial charge in [-0.3, -0.25) is 4.55 Å². The monoisotopic (exact) mass is 252 g/mol. The van der Waals surface area contributed by atoms with Crippen molar-refractivity contribution in [1.29, 1.82) is 0 Å². The van der Waals surface area contributed by atoms with Gasteiger partial charge in [0, 0.05) is 0 Å². The van der Waals surface area contributed by atoms with Crippen molar-refractivity contribution in [2.45, 2.75) is 12.1 Å². The number of esters is 1. The van der Waals surface area contributed by atoms with Crippen molar-refractivity contribution in [2.24, 2.45) is 10.7 Å². The highest BCUT2D eigenvalue weighted by Gasteiger charge is 2.30. The van der Waals surface area contributed by atoms with Gasteiger partial charge in [0.25, 0.3) is 10.1 Å². The fraction of sp³-hybridized carbons (Fsp3) is 0.714. The van der Waals surface area contributed by atoms with Crippen molar-refractivity contribution in [3.8, 4) is 0 Å². The van der Waals surface area contributed by atoms with Crippen molar-refractivity contribution < 1.29 is 27.2 Å². The highest BCUT2D eigenvalue weighted by atomic mass is 32.2. The molecule has 0 aromatic rings. The van der Waals surface area contributed by atoms with E-state index in [4.69, 9.17) is 15.0 Å². The maximum Gasteiger partial charge on any atom is 0.334 e. The number of methoxy groups -OCH3 is 1. The van der Waals surface area contributed by atoms with Gasteiger partial charge in [0.2, 0.25) is 5.90 Å². The first-order valence-corrected chi connectivity index (χ1v) is 5.93. The normalized spacial score (nSPS) is 22.2. The predicted octanol–water partition coefficient (Wildman–Crippen LogP) is -1.83. The lowest BCUT2D eigenvalue weighted by Crippen LogP contribution is -2.37. The van der Waals surface area contributed by atoms with Crippen molar-refractivity contribution in [3.05, 3.63) is 0 Å². The van der Waals surface area contributed by atoms with Crippen LogP contribution in [0.4, 0.5) is 0 Å². The second-order valence-electron chi connectivity index (χ2n) is 3.17. The Balaban J connectivity index is 2.66. The van der Waals surface area contributed by atoms with Crippen LogP contribution >= 0.6 is 0 Å². The van der Waals surface area contributed by atoms with Crippen LogP contribution in [-0.2, 0) is 24.4 Å². The molecule has 3 N–H and O–H groups in total. The van der Waals surface area contributed by atoms with Gasteiger partial charge in [-0.1, -0.05) is 0 Å². The van der Waals surface area contributed by atoms with Crippen LogP contribution in [0.25, 0.3) is 0 Å². The highest BCUT2D eigenvalue weighted by Crippen LogP contribution is 2.08. The SMILES string of the molecule is COC(=O)[C@@H]1COC(C(N)CS(=O)(=O)O)=N1. The third-order valence-electron chi connectivity index (χ3n) is 1.85. The van der Waals surface area contributed by atoms with Gasteiger partial charge < -0.3 is 15.2 Å².